The van der Waals surface area contributed by atoms with Crippen molar-refractivity contribution in [2.75, 3.05) is 6.61 Å². The van der Waals surface area contributed by atoms with Crippen molar-refractivity contribution in [2.45, 2.75) is 63.8 Å². The molecule has 39 heavy (non-hydrogen) atoms. The maximum absolute atomic E-state index is 13.1. The molecule has 1 fully saturated rings. The second-order valence-corrected chi connectivity index (χ2v) is 9.85. The van der Waals surface area contributed by atoms with Crippen LogP contribution in [0.15, 0.2) is 50.6 Å². The van der Waals surface area contributed by atoms with Gasteiger partial charge in [0.1, 0.15) is 47.6 Å². The molecule has 2 heterocycles. The van der Waals surface area contributed by atoms with Crippen molar-refractivity contribution in [3.63, 3.8) is 0 Å². The number of aliphatic hydroxyl groups is 4. The molecule has 11 nitrogen and oxygen atoms in total. The van der Waals surface area contributed by atoms with Gasteiger partial charge in [-0.1, -0.05) is 29.8 Å². The number of phenolic OH excluding ortho intramolecular Hbond substituents is 1. The van der Waals surface area contributed by atoms with Crippen molar-refractivity contribution in [2.24, 2.45) is 4.99 Å². The molecular weight excluding hydrogens is 510 g/mol. The quantitative estimate of drug-likeness (QED) is 0.239. The van der Waals surface area contributed by atoms with Crippen molar-refractivity contribution in [3.05, 3.63) is 74.6 Å². The lowest BCUT2D eigenvalue weighted by atomic mass is 9.89. The zero-order valence-electron chi connectivity index (χ0n) is 21.6. The molecule has 0 amide bonds. The van der Waals surface area contributed by atoms with Crippen LogP contribution in [0.1, 0.15) is 47.1 Å². The highest BCUT2D eigenvalue weighted by molar-refractivity contribution is 5.89. The monoisotopic (exact) mass is 541 g/mol. The molecule has 0 saturated carbocycles. The zero-order chi connectivity index (χ0) is 28.6. The molecule has 6 unspecified atom stereocenters. The Labute approximate surface area is 223 Å². The highest BCUT2D eigenvalue weighted by atomic mass is 16.5. The lowest BCUT2D eigenvalue weighted by Gasteiger charge is -2.40. The van der Waals surface area contributed by atoms with E-state index in [9.17, 15) is 40.2 Å². The van der Waals surface area contributed by atoms with E-state index in [0.717, 1.165) is 5.56 Å². The van der Waals surface area contributed by atoms with Crippen LogP contribution in [0.2, 0.25) is 0 Å². The number of phenols is 1. The second kappa shape index (κ2) is 11.2. The maximum Gasteiger partial charge on any atom is 0.333 e. The van der Waals surface area contributed by atoms with Gasteiger partial charge >= 0.3 is 5.97 Å². The van der Waals surface area contributed by atoms with E-state index in [-0.39, 0.29) is 34.5 Å². The summed E-state index contributed by atoms with van der Waals surface area (Å²) in [6.07, 6.45) is -7.78. The van der Waals surface area contributed by atoms with Gasteiger partial charge in [-0.3, -0.25) is 9.79 Å². The molecule has 4 rings (SSSR count). The molecule has 0 bridgehead atoms. The molecule has 0 spiro atoms. The number of aliphatic imine (C=N–C) groups is 1. The van der Waals surface area contributed by atoms with Crippen LogP contribution in [0.5, 0.6) is 5.75 Å². The van der Waals surface area contributed by atoms with Gasteiger partial charge in [0.15, 0.2) is 11.5 Å². The third kappa shape index (κ3) is 5.58. The summed E-state index contributed by atoms with van der Waals surface area (Å²) in [6, 6.07) is 8.29. The summed E-state index contributed by atoms with van der Waals surface area (Å²) in [4.78, 5) is 29.4. The minimum Gasteiger partial charge on any atom is -0.507 e. The Balaban J connectivity index is 1.78. The number of aliphatic carboxylic acids is 1. The van der Waals surface area contributed by atoms with Crippen LogP contribution in [0.25, 0.3) is 11.0 Å². The van der Waals surface area contributed by atoms with Gasteiger partial charge < -0.3 is 39.8 Å². The van der Waals surface area contributed by atoms with Crippen LogP contribution < -0.4 is 5.43 Å². The molecule has 11 heteroatoms. The highest BCUT2D eigenvalue weighted by Crippen LogP contribution is 2.41. The number of hydrogen-bond donors (Lipinski definition) is 6. The number of fused-ring (bicyclic) bond motifs is 1. The Morgan fingerprint density at radius 2 is 1.72 bits per heavy atom. The average molecular weight is 542 g/mol. The second-order valence-electron chi connectivity index (χ2n) is 9.85. The summed E-state index contributed by atoms with van der Waals surface area (Å²) in [5.41, 5.74) is 1.48. The number of rotatable bonds is 7. The number of benzene rings is 2. The van der Waals surface area contributed by atoms with Gasteiger partial charge in [-0.05, 0) is 38.0 Å². The maximum atomic E-state index is 13.1. The van der Waals surface area contributed by atoms with E-state index in [1.165, 1.54) is 12.1 Å². The number of hydrogen-bond acceptors (Lipinski definition) is 10. The van der Waals surface area contributed by atoms with Gasteiger partial charge in [0.25, 0.3) is 0 Å². The Morgan fingerprint density at radius 1 is 1.05 bits per heavy atom. The molecule has 6 N–H and O–H groups in total. The van der Waals surface area contributed by atoms with E-state index >= 15 is 0 Å². The predicted molar refractivity (Wildman–Crippen MR) is 140 cm³/mol. The fourth-order valence-corrected chi connectivity index (χ4v) is 4.82. The molecule has 1 saturated heterocycles. The summed E-state index contributed by atoms with van der Waals surface area (Å²) in [6.45, 7) is 4.39. The largest absolute Gasteiger partial charge is 0.507 e. The summed E-state index contributed by atoms with van der Waals surface area (Å²) in [5, 5.41) is 61.3. The number of aliphatic hydroxyl groups excluding tert-OH is 4. The lowest BCUT2D eigenvalue weighted by Crippen LogP contribution is -2.55. The molecule has 1 aliphatic rings. The smallest absolute Gasteiger partial charge is 0.333 e. The van der Waals surface area contributed by atoms with Crippen LogP contribution in [-0.2, 0) is 16.0 Å². The summed E-state index contributed by atoms with van der Waals surface area (Å²) < 4.78 is 11.6. The summed E-state index contributed by atoms with van der Waals surface area (Å²) >= 11 is 0. The Morgan fingerprint density at radius 3 is 2.33 bits per heavy atom. The Hall–Kier alpha value is -3.61. The van der Waals surface area contributed by atoms with E-state index in [1.807, 2.05) is 6.92 Å². The first-order chi connectivity index (χ1) is 18.4. The number of aromatic hydroxyl groups is 1. The van der Waals surface area contributed by atoms with E-state index in [0.29, 0.717) is 16.8 Å². The summed E-state index contributed by atoms with van der Waals surface area (Å²) in [7, 11) is 0. The van der Waals surface area contributed by atoms with Crippen molar-refractivity contribution >= 4 is 22.7 Å². The number of carboxylic acids is 1. The molecule has 6 atom stereocenters. The first kappa shape index (κ1) is 28.4. The van der Waals surface area contributed by atoms with Crippen LogP contribution >= 0.6 is 0 Å². The van der Waals surface area contributed by atoms with Crippen molar-refractivity contribution < 1.29 is 44.6 Å². The van der Waals surface area contributed by atoms with Crippen LogP contribution in [0.3, 0.4) is 0 Å². The van der Waals surface area contributed by atoms with Crippen molar-refractivity contribution in [1.29, 1.82) is 0 Å². The molecular formula is C28H31NO10. The van der Waals surface area contributed by atoms with Gasteiger partial charge in [-0.25, -0.2) is 4.79 Å². The number of ether oxygens (including phenoxy) is 1. The standard InChI is InChI=1S/C28H31NO10/c1-12-4-6-15(7-5-12)22(28(36)37)29-14(3)9-16-10-18(32)20-13(2)8-17(31)21(26(20)38-16)27-25(35)24(34)23(33)19(11-30)39-27/h4-8,10,19,22-25,27,30-31,33-35H,9,11H2,1-3H3,(H,36,37)/b29-14-. The van der Waals surface area contributed by atoms with Gasteiger partial charge in [-0.15, -0.1) is 0 Å². The third-order valence-electron chi connectivity index (χ3n) is 6.85. The van der Waals surface area contributed by atoms with Gasteiger partial charge in [0.2, 0.25) is 0 Å². The molecule has 208 valence electrons. The summed E-state index contributed by atoms with van der Waals surface area (Å²) in [5.74, 6) is -1.43. The highest BCUT2D eigenvalue weighted by Gasteiger charge is 2.46. The Kier molecular flexibility index (Phi) is 8.19. The first-order valence-electron chi connectivity index (χ1n) is 12.3. The van der Waals surface area contributed by atoms with E-state index < -0.39 is 54.6 Å². The van der Waals surface area contributed by atoms with Crippen LogP contribution in [0.4, 0.5) is 0 Å². The van der Waals surface area contributed by atoms with E-state index in [4.69, 9.17) is 9.15 Å². The van der Waals surface area contributed by atoms with Gasteiger partial charge in [0, 0.05) is 18.2 Å². The predicted octanol–water partition coefficient (Wildman–Crippen LogP) is 1.46. The number of carbonyl (C=O) groups is 1. The minimum absolute atomic E-state index is 0.0380. The van der Waals surface area contributed by atoms with Crippen LogP contribution in [-0.4, -0.2) is 73.3 Å². The molecule has 2 aromatic carbocycles. The Bertz CT molecular complexity index is 1460. The number of aryl methyl sites for hydroxylation is 2. The zero-order valence-corrected chi connectivity index (χ0v) is 21.6. The first-order valence-corrected chi connectivity index (χ1v) is 12.3. The number of carboxylic acid groups (broad SMARTS) is 1. The fraction of sp³-hybridized carbons (Fsp3) is 0.393. The van der Waals surface area contributed by atoms with Crippen LogP contribution in [0, 0.1) is 13.8 Å². The molecule has 0 aliphatic carbocycles. The topological polar surface area (TPSA) is 190 Å². The lowest BCUT2D eigenvalue weighted by molar-refractivity contribution is -0.231. The fourth-order valence-electron chi connectivity index (χ4n) is 4.82. The molecule has 3 aromatic rings. The molecule has 1 aromatic heterocycles. The SMILES string of the molecule is C/C(Cc1cc(=O)c2c(C)cc(O)c(C3OC(CO)C(O)C(O)C3O)c2o1)=N/C(C(=O)O)c1ccc(C)cc1. The minimum atomic E-state index is -1.72. The van der Waals surface area contributed by atoms with Crippen molar-refractivity contribution in [1.82, 2.24) is 0 Å². The van der Waals surface area contributed by atoms with Gasteiger partial charge in [-0.2, -0.15) is 0 Å². The number of nitrogens with zero attached hydrogens (tertiary/aromatic N) is 1. The van der Waals surface area contributed by atoms with Gasteiger partial charge in [0.05, 0.1) is 17.6 Å². The molecule has 0 radical (unpaired) electrons. The average Bonchev–Trinajstić information content (AvgIpc) is 2.87. The van der Waals surface area contributed by atoms with Crippen molar-refractivity contribution in [3.8, 4) is 5.75 Å². The molecule has 1 aliphatic heterocycles. The third-order valence-corrected chi connectivity index (χ3v) is 6.85. The normalized spacial score (nSPS) is 24.6. The van der Waals surface area contributed by atoms with E-state index in [2.05, 4.69) is 4.99 Å². The van der Waals surface area contributed by atoms with E-state index in [1.54, 1.807) is 38.1 Å².